The maximum atomic E-state index is 12.8. The van der Waals surface area contributed by atoms with Crippen molar-refractivity contribution in [2.75, 3.05) is 25.0 Å². The van der Waals surface area contributed by atoms with Crippen LogP contribution in [0.2, 0.25) is 0 Å². The van der Waals surface area contributed by atoms with Crippen molar-refractivity contribution in [3.05, 3.63) is 59.7 Å². The lowest BCUT2D eigenvalue weighted by Crippen LogP contribution is -2.39. The quantitative estimate of drug-likeness (QED) is 0.687. The van der Waals surface area contributed by atoms with Gasteiger partial charge in [0.2, 0.25) is 15.9 Å². The van der Waals surface area contributed by atoms with Crippen molar-refractivity contribution >= 4 is 27.5 Å². The van der Waals surface area contributed by atoms with E-state index in [-0.39, 0.29) is 29.7 Å². The van der Waals surface area contributed by atoms with Gasteiger partial charge in [-0.1, -0.05) is 24.6 Å². The average Bonchev–Trinajstić information content (AvgIpc) is 2.74. The van der Waals surface area contributed by atoms with Gasteiger partial charge in [-0.05, 0) is 62.1 Å². The summed E-state index contributed by atoms with van der Waals surface area (Å²) in [5.74, 6) is -0.128. The molecule has 1 saturated heterocycles. The number of piperidine rings is 1. The summed E-state index contributed by atoms with van der Waals surface area (Å²) in [7, 11) is -3.52. The number of hydrogen-bond acceptors (Lipinski definition) is 4. The minimum atomic E-state index is -3.52. The molecule has 1 unspecified atom stereocenters. The van der Waals surface area contributed by atoms with E-state index in [1.165, 1.54) is 16.4 Å². The van der Waals surface area contributed by atoms with Gasteiger partial charge >= 0.3 is 0 Å². The molecule has 1 aliphatic rings. The van der Waals surface area contributed by atoms with Crippen molar-refractivity contribution < 1.29 is 18.0 Å². The van der Waals surface area contributed by atoms with Crippen LogP contribution in [-0.2, 0) is 14.8 Å². The molecule has 2 N–H and O–H groups in total. The lowest BCUT2D eigenvalue weighted by Gasteiger charge is -2.30. The summed E-state index contributed by atoms with van der Waals surface area (Å²) >= 11 is 0. The average molecular weight is 444 g/mol. The first-order valence-corrected chi connectivity index (χ1v) is 11.9. The molecule has 3 rings (SSSR count). The van der Waals surface area contributed by atoms with Gasteiger partial charge < -0.3 is 10.6 Å². The summed E-state index contributed by atoms with van der Waals surface area (Å²) in [6.07, 6.45) is 2.03. The number of benzene rings is 2. The first-order chi connectivity index (χ1) is 14.8. The van der Waals surface area contributed by atoms with Crippen LogP contribution in [0.5, 0.6) is 0 Å². The van der Waals surface area contributed by atoms with Crippen LogP contribution in [-0.4, -0.2) is 44.2 Å². The first kappa shape index (κ1) is 23.0. The molecule has 0 bridgehead atoms. The molecule has 1 fully saturated rings. The van der Waals surface area contributed by atoms with Crippen LogP contribution in [0.15, 0.2) is 53.4 Å². The van der Waals surface area contributed by atoms with Crippen LogP contribution >= 0.6 is 0 Å². The minimum Gasteiger partial charge on any atom is -0.352 e. The second-order valence-electron chi connectivity index (χ2n) is 8.06. The maximum Gasteiger partial charge on any atom is 0.251 e. The number of nitrogens with one attached hydrogen (secondary N) is 2. The highest BCUT2D eigenvalue weighted by Crippen LogP contribution is 2.24. The van der Waals surface area contributed by atoms with Crippen molar-refractivity contribution in [2.45, 2.75) is 38.0 Å². The van der Waals surface area contributed by atoms with Crippen LogP contribution in [0.3, 0.4) is 0 Å². The first-order valence-electron chi connectivity index (χ1n) is 10.5. The van der Waals surface area contributed by atoms with Crippen molar-refractivity contribution in [1.29, 1.82) is 0 Å². The summed E-state index contributed by atoms with van der Waals surface area (Å²) in [5, 5.41) is 5.46. The number of aryl methyl sites for hydroxylation is 1. The summed E-state index contributed by atoms with van der Waals surface area (Å²) in [6, 6.07) is 13.4. The van der Waals surface area contributed by atoms with Gasteiger partial charge in [0.1, 0.15) is 0 Å². The maximum absolute atomic E-state index is 12.8. The fourth-order valence-corrected chi connectivity index (χ4v) is 5.22. The van der Waals surface area contributed by atoms with Gasteiger partial charge in [0.15, 0.2) is 0 Å². The number of amides is 2. The second-order valence-corrected chi connectivity index (χ2v) is 10.00. The molecule has 7 nitrogen and oxygen atoms in total. The zero-order chi connectivity index (χ0) is 22.4. The molecule has 1 atom stereocenters. The third kappa shape index (κ3) is 6.15. The van der Waals surface area contributed by atoms with E-state index >= 15 is 0 Å². The minimum absolute atomic E-state index is 0.114. The lowest BCUT2D eigenvalue weighted by atomic mass is 10.0. The zero-order valence-electron chi connectivity index (χ0n) is 17.9. The highest BCUT2D eigenvalue weighted by atomic mass is 32.2. The standard InChI is InChI=1S/C23H29N3O4S/c1-17-5-3-7-19(15-17)23(28)24-13-12-22(27)25-20-8-10-21(11-9-20)31(29,30)26-14-4-6-18(2)16-26/h3,5,7-11,15,18H,4,6,12-14,16H2,1-2H3,(H,24,28)(H,25,27). The van der Waals surface area contributed by atoms with E-state index < -0.39 is 10.0 Å². The Labute approximate surface area is 183 Å². The largest absolute Gasteiger partial charge is 0.352 e. The van der Waals surface area contributed by atoms with Gasteiger partial charge in [-0.2, -0.15) is 4.31 Å². The highest BCUT2D eigenvalue weighted by Gasteiger charge is 2.28. The molecule has 31 heavy (non-hydrogen) atoms. The van der Waals surface area contributed by atoms with E-state index in [4.69, 9.17) is 0 Å². The molecule has 0 aromatic heterocycles. The molecule has 0 radical (unpaired) electrons. The third-order valence-corrected chi connectivity index (χ3v) is 7.19. The van der Waals surface area contributed by atoms with E-state index in [1.807, 2.05) is 19.1 Å². The summed E-state index contributed by atoms with van der Waals surface area (Å²) in [6.45, 7) is 5.25. The molecule has 2 amide bonds. The summed E-state index contributed by atoms with van der Waals surface area (Å²) in [5.41, 5.74) is 2.06. The number of carbonyl (C=O) groups is 2. The monoisotopic (exact) mass is 443 g/mol. The Morgan fingerprint density at radius 2 is 1.87 bits per heavy atom. The highest BCUT2D eigenvalue weighted by molar-refractivity contribution is 7.89. The Balaban J connectivity index is 1.50. The third-order valence-electron chi connectivity index (χ3n) is 5.31. The second kappa shape index (κ2) is 10.1. The summed E-state index contributed by atoms with van der Waals surface area (Å²) < 4.78 is 27.1. The van der Waals surface area contributed by atoms with Crippen molar-refractivity contribution in [3.63, 3.8) is 0 Å². The SMILES string of the molecule is Cc1cccc(C(=O)NCCC(=O)Nc2ccc(S(=O)(=O)N3CCCC(C)C3)cc2)c1. The normalized spacial score (nSPS) is 17.2. The predicted molar refractivity (Wildman–Crippen MR) is 120 cm³/mol. The van der Waals surface area contributed by atoms with E-state index in [0.29, 0.717) is 30.3 Å². The molecule has 1 aliphatic heterocycles. The molecule has 1 heterocycles. The Kier molecular flexibility index (Phi) is 7.46. The number of carbonyl (C=O) groups excluding carboxylic acids is 2. The lowest BCUT2D eigenvalue weighted by molar-refractivity contribution is -0.116. The number of anilines is 1. The molecule has 2 aromatic carbocycles. The van der Waals surface area contributed by atoms with E-state index in [1.54, 1.807) is 24.3 Å². The van der Waals surface area contributed by atoms with Crippen molar-refractivity contribution in [2.24, 2.45) is 5.92 Å². The Hall–Kier alpha value is -2.71. The predicted octanol–water partition coefficient (Wildman–Crippen LogP) is 3.17. The Morgan fingerprint density at radius 1 is 1.13 bits per heavy atom. The number of hydrogen-bond donors (Lipinski definition) is 2. The van der Waals surface area contributed by atoms with Crippen molar-refractivity contribution in [3.8, 4) is 0 Å². The molecule has 0 saturated carbocycles. The Morgan fingerprint density at radius 3 is 2.55 bits per heavy atom. The van der Waals surface area contributed by atoms with Gasteiger partial charge in [-0.25, -0.2) is 8.42 Å². The molecule has 8 heteroatoms. The van der Waals surface area contributed by atoms with Gasteiger partial charge in [0.25, 0.3) is 5.91 Å². The van der Waals surface area contributed by atoms with Gasteiger partial charge in [0.05, 0.1) is 4.90 Å². The van der Waals surface area contributed by atoms with Crippen LogP contribution in [0.4, 0.5) is 5.69 Å². The van der Waals surface area contributed by atoms with Crippen molar-refractivity contribution in [1.82, 2.24) is 9.62 Å². The Bertz CT molecular complexity index is 1040. The number of rotatable bonds is 7. The molecule has 0 spiro atoms. The topological polar surface area (TPSA) is 95.6 Å². The number of nitrogens with zero attached hydrogens (tertiary/aromatic N) is 1. The van der Waals surface area contributed by atoms with Crippen LogP contribution in [0.1, 0.15) is 42.1 Å². The fraction of sp³-hybridized carbons (Fsp3) is 0.391. The molecular formula is C23H29N3O4S. The van der Waals surface area contributed by atoms with Gasteiger partial charge in [0, 0.05) is 37.3 Å². The van der Waals surface area contributed by atoms with Gasteiger partial charge in [-0.3, -0.25) is 9.59 Å². The van der Waals surface area contributed by atoms with Crippen LogP contribution < -0.4 is 10.6 Å². The fourth-order valence-electron chi connectivity index (χ4n) is 3.63. The van der Waals surface area contributed by atoms with Crippen LogP contribution in [0.25, 0.3) is 0 Å². The van der Waals surface area contributed by atoms with Gasteiger partial charge in [-0.15, -0.1) is 0 Å². The molecule has 0 aliphatic carbocycles. The molecule has 2 aromatic rings. The molecule has 166 valence electrons. The number of sulfonamides is 1. The zero-order valence-corrected chi connectivity index (χ0v) is 18.7. The summed E-state index contributed by atoms with van der Waals surface area (Å²) in [4.78, 5) is 24.5. The molecular weight excluding hydrogens is 414 g/mol. The van der Waals surface area contributed by atoms with E-state index in [0.717, 1.165) is 18.4 Å². The smallest absolute Gasteiger partial charge is 0.251 e. The van der Waals surface area contributed by atoms with Crippen LogP contribution in [0, 0.1) is 12.8 Å². The van der Waals surface area contributed by atoms with E-state index in [2.05, 4.69) is 17.6 Å². The van der Waals surface area contributed by atoms with E-state index in [9.17, 15) is 18.0 Å².